The third kappa shape index (κ3) is 5.68. The van der Waals surface area contributed by atoms with E-state index in [1.165, 1.54) is 11.1 Å². The lowest BCUT2D eigenvalue weighted by Gasteiger charge is -2.42. The van der Waals surface area contributed by atoms with E-state index in [0.717, 1.165) is 55.7 Å². The highest BCUT2D eigenvalue weighted by molar-refractivity contribution is 6.13. The molecule has 0 fully saturated rings. The Labute approximate surface area is 331 Å². The molecular weight excluding hydrogens is 697 g/mol. The minimum atomic E-state index is -0.163. The number of ketones is 2. The van der Waals surface area contributed by atoms with Crippen LogP contribution in [0.4, 0.5) is 17.1 Å². The Bertz CT molecular complexity index is 3000. The van der Waals surface area contributed by atoms with Crippen molar-refractivity contribution < 1.29 is 9.59 Å². The summed E-state index contributed by atoms with van der Waals surface area (Å²) < 4.78 is 2.23. The zero-order chi connectivity index (χ0) is 38.7. The quantitative estimate of drug-likeness (QED) is 0.153. The molecule has 10 rings (SSSR count). The first-order valence-corrected chi connectivity index (χ1v) is 19.3. The number of nitrogens with zero attached hydrogens (tertiary/aromatic N) is 2. The lowest BCUT2D eigenvalue weighted by Crippen LogP contribution is -2.30. The van der Waals surface area contributed by atoms with Crippen molar-refractivity contribution in [2.75, 3.05) is 4.90 Å². The van der Waals surface area contributed by atoms with Crippen molar-refractivity contribution in [1.82, 2.24) is 4.57 Å². The molecule has 0 saturated heterocycles. The summed E-state index contributed by atoms with van der Waals surface area (Å²) in [6.45, 7) is 4.56. The van der Waals surface area contributed by atoms with E-state index >= 15 is 0 Å². The average Bonchev–Trinajstić information content (AvgIpc) is 3.60. The molecule has 1 aliphatic rings. The highest BCUT2D eigenvalue weighted by Gasteiger charge is 2.36. The number of hydrogen-bond donors (Lipinski definition) is 0. The predicted molar refractivity (Wildman–Crippen MR) is 233 cm³/mol. The summed E-state index contributed by atoms with van der Waals surface area (Å²) in [5.74, 6) is -0.0342. The Balaban J connectivity index is 1.01. The number of anilines is 3. The van der Waals surface area contributed by atoms with Crippen LogP contribution >= 0.6 is 0 Å². The van der Waals surface area contributed by atoms with Crippen LogP contribution in [0.3, 0.4) is 0 Å². The van der Waals surface area contributed by atoms with Crippen molar-refractivity contribution in [2.24, 2.45) is 0 Å². The molecule has 0 N–H and O–H groups in total. The van der Waals surface area contributed by atoms with E-state index in [2.05, 4.69) is 126 Å². The Kier molecular flexibility index (Phi) is 8.08. The SMILES string of the molecule is CC1(C)c2ccccc2N(c2cccc(C(=O)c3cccc(-c4ccc5c(c4)c4ccccc4n5-c4cccc(C(=O)c5ccccc5)c4)c3)c2)c2ccccc21. The Morgan fingerprint density at radius 2 is 0.912 bits per heavy atom. The molecule has 0 atom stereocenters. The standard InChI is InChI=1S/C53H38N2O2/c1-53(2)45-24-7-10-27-49(45)55(50-28-11-8-25-46(50)53)42-22-14-20-40(33-42)52(57)38-18-12-17-36(31-38)37-29-30-48-44(34-37)43-23-6-9-26-47(43)54(48)41-21-13-19-39(32-41)51(56)35-15-4-3-5-16-35/h3-34H,1-2H3. The molecule has 4 heteroatoms. The molecule has 0 amide bonds. The van der Waals surface area contributed by atoms with Gasteiger partial charge >= 0.3 is 0 Å². The molecule has 0 radical (unpaired) electrons. The molecule has 57 heavy (non-hydrogen) atoms. The molecule has 272 valence electrons. The van der Waals surface area contributed by atoms with Crippen molar-refractivity contribution in [1.29, 1.82) is 0 Å². The number of benzene rings is 8. The monoisotopic (exact) mass is 734 g/mol. The number of rotatable bonds is 7. The van der Waals surface area contributed by atoms with Gasteiger partial charge in [0.2, 0.25) is 0 Å². The van der Waals surface area contributed by atoms with Crippen LogP contribution in [0.5, 0.6) is 0 Å². The van der Waals surface area contributed by atoms with Gasteiger partial charge in [-0.2, -0.15) is 0 Å². The van der Waals surface area contributed by atoms with Crippen molar-refractivity contribution >= 4 is 50.4 Å². The zero-order valence-electron chi connectivity index (χ0n) is 31.7. The summed E-state index contributed by atoms with van der Waals surface area (Å²) in [7, 11) is 0. The lowest BCUT2D eigenvalue weighted by molar-refractivity contribution is 0.103. The van der Waals surface area contributed by atoms with E-state index in [4.69, 9.17) is 0 Å². The summed E-state index contributed by atoms with van der Waals surface area (Å²) in [4.78, 5) is 30.0. The van der Waals surface area contributed by atoms with Gasteiger partial charge in [-0.3, -0.25) is 9.59 Å². The van der Waals surface area contributed by atoms with Gasteiger partial charge in [-0.1, -0.05) is 147 Å². The fourth-order valence-electron chi connectivity index (χ4n) is 8.71. The second-order valence-corrected chi connectivity index (χ2v) is 15.3. The normalized spacial score (nSPS) is 13.0. The largest absolute Gasteiger partial charge is 0.310 e. The van der Waals surface area contributed by atoms with E-state index in [1.54, 1.807) is 0 Å². The van der Waals surface area contributed by atoms with Gasteiger partial charge in [-0.05, 0) is 82.9 Å². The third-order valence-electron chi connectivity index (χ3n) is 11.5. The van der Waals surface area contributed by atoms with Gasteiger partial charge in [-0.25, -0.2) is 0 Å². The van der Waals surface area contributed by atoms with E-state index in [-0.39, 0.29) is 17.0 Å². The first kappa shape index (κ1) is 34.2. The van der Waals surface area contributed by atoms with Crippen LogP contribution in [0.1, 0.15) is 56.8 Å². The van der Waals surface area contributed by atoms with Crippen LogP contribution in [0.2, 0.25) is 0 Å². The van der Waals surface area contributed by atoms with Gasteiger partial charge in [0.15, 0.2) is 11.6 Å². The minimum absolute atomic E-state index is 0.00661. The average molecular weight is 735 g/mol. The van der Waals surface area contributed by atoms with Crippen LogP contribution in [0, 0.1) is 0 Å². The molecule has 9 aromatic rings. The molecule has 1 aliphatic heterocycles. The minimum Gasteiger partial charge on any atom is -0.310 e. The van der Waals surface area contributed by atoms with Crippen molar-refractivity contribution in [3.8, 4) is 16.8 Å². The smallest absolute Gasteiger partial charge is 0.193 e. The molecule has 0 unspecified atom stereocenters. The fourth-order valence-corrected chi connectivity index (χ4v) is 8.71. The Morgan fingerprint density at radius 3 is 1.63 bits per heavy atom. The van der Waals surface area contributed by atoms with Gasteiger partial charge in [0.05, 0.1) is 22.4 Å². The van der Waals surface area contributed by atoms with Gasteiger partial charge in [0.1, 0.15) is 0 Å². The molecule has 2 heterocycles. The van der Waals surface area contributed by atoms with E-state index in [9.17, 15) is 9.59 Å². The molecule has 0 spiro atoms. The predicted octanol–water partition coefficient (Wildman–Crippen LogP) is 13.0. The summed E-state index contributed by atoms with van der Waals surface area (Å²) in [6, 6.07) is 65.2. The highest BCUT2D eigenvalue weighted by Crippen LogP contribution is 2.51. The number of aromatic nitrogens is 1. The summed E-state index contributed by atoms with van der Waals surface area (Å²) in [5.41, 5.74) is 13.1. The van der Waals surface area contributed by atoms with E-state index < -0.39 is 0 Å². The number of carbonyl (C=O) groups excluding carboxylic acids is 2. The molecule has 0 saturated carbocycles. The zero-order valence-corrected chi connectivity index (χ0v) is 31.7. The molecule has 8 aromatic carbocycles. The topological polar surface area (TPSA) is 42.3 Å². The third-order valence-corrected chi connectivity index (χ3v) is 11.5. The van der Waals surface area contributed by atoms with Crippen LogP contribution in [0.25, 0.3) is 38.6 Å². The Morgan fingerprint density at radius 1 is 0.404 bits per heavy atom. The Hall–Kier alpha value is -7.30. The maximum atomic E-state index is 14.3. The summed E-state index contributed by atoms with van der Waals surface area (Å²) in [6.07, 6.45) is 0. The summed E-state index contributed by atoms with van der Waals surface area (Å²) in [5, 5.41) is 2.21. The van der Waals surface area contributed by atoms with Crippen LogP contribution in [0.15, 0.2) is 194 Å². The number of fused-ring (bicyclic) bond motifs is 5. The molecule has 1 aromatic heterocycles. The molecular formula is C53H38N2O2. The van der Waals surface area contributed by atoms with Crippen molar-refractivity contribution in [3.63, 3.8) is 0 Å². The molecule has 0 aliphatic carbocycles. The second-order valence-electron chi connectivity index (χ2n) is 15.3. The lowest BCUT2D eigenvalue weighted by atomic mass is 9.73. The van der Waals surface area contributed by atoms with E-state index in [0.29, 0.717) is 22.3 Å². The maximum Gasteiger partial charge on any atom is 0.193 e. The first-order chi connectivity index (χ1) is 27.9. The van der Waals surface area contributed by atoms with Gasteiger partial charge in [0, 0.05) is 49.8 Å². The van der Waals surface area contributed by atoms with E-state index in [1.807, 2.05) is 91.0 Å². The first-order valence-electron chi connectivity index (χ1n) is 19.3. The second kappa shape index (κ2) is 13.5. The maximum absolute atomic E-state index is 14.3. The van der Waals surface area contributed by atoms with Crippen molar-refractivity contribution in [3.05, 3.63) is 228 Å². The highest BCUT2D eigenvalue weighted by atomic mass is 16.1. The van der Waals surface area contributed by atoms with Crippen LogP contribution in [-0.4, -0.2) is 16.1 Å². The van der Waals surface area contributed by atoms with Crippen LogP contribution < -0.4 is 4.90 Å². The van der Waals surface area contributed by atoms with Crippen LogP contribution in [-0.2, 0) is 5.41 Å². The number of carbonyl (C=O) groups is 2. The van der Waals surface area contributed by atoms with Crippen molar-refractivity contribution in [2.45, 2.75) is 19.3 Å². The number of hydrogen-bond acceptors (Lipinski definition) is 3. The molecule has 0 bridgehead atoms. The van der Waals surface area contributed by atoms with Gasteiger partial charge in [-0.15, -0.1) is 0 Å². The van der Waals surface area contributed by atoms with Gasteiger partial charge < -0.3 is 9.47 Å². The van der Waals surface area contributed by atoms with Gasteiger partial charge in [0.25, 0.3) is 0 Å². The molecule has 4 nitrogen and oxygen atoms in total. The fraction of sp³-hybridized carbons (Fsp3) is 0.0566. The summed E-state index contributed by atoms with van der Waals surface area (Å²) >= 11 is 0. The number of para-hydroxylation sites is 3.